The summed E-state index contributed by atoms with van der Waals surface area (Å²) in [5.74, 6) is 0.275. The van der Waals surface area contributed by atoms with Crippen LogP contribution in [0.4, 0.5) is 5.69 Å². The number of non-ortho nitro benzene ring substituents is 1. The van der Waals surface area contributed by atoms with Gasteiger partial charge in [-0.2, -0.15) is 0 Å². The minimum atomic E-state index is -0.463. The van der Waals surface area contributed by atoms with E-state index in [2.05, 4.69) is 5.32 Å². The fraction of sp³-hybridized carbons (Fsp3) is 0.464. The van der Waals surface area contributed by atoms with E-state index in [4.69, 9.17) is 0 Å². The molecule has 0 spiro atoms. The number of carbonyl (C=O) groups is 1. The maximum Gasteiger partial charge on any atom is 0.331 e. The number of nitro groups is 1. The third-order valence-corrected chi connectivity index (χ3v) is 7.95. The Bertz CT molecular complexity index is 1430. The first-order valence-electron chi connectivity index (χ1n) is 13.2. The molecule has 2 aliphatic rings. The molecule has 0 atom stereocenters. The van der Waals surface area contributed by atoms with Crippen molar-refractivity contribution in [3.05, 3.63) is 85.0 Å². The highest BCUT2D eigenvalue weighted by atomic mass is 16.6. The van der Waals surface area contributed by atoms with Crippen LogP contribution in [-0.2, 0) is 17.9 Å². The molecule has 1 N–H and O–H groups in total. The second kappa shape index (κ2) is 10.7. The summed E-state index contributed by atoms with van der Waals surface area (Å²) in [6, 6.07) is 13.5. The van der Waals surface area contributed by atoms with Crippen LogP contribution in [0, 0.1) is 22.0 Å². The topological polar surface area (TPSA) is 116 Å². The highest BCUT2D eigenvalue weighted by Crippen LogP contribution is 2.30. The molecule has 9 nitrogen and oxygen atoms in total. The number of fused-ring (bicyclic) bond motifs is 1. The molecule has 194 valence electrons. The van der Waals surface area contributed by atoms with E-state index in [0.29, 0.717) is 29.1 Å². The first-order valence-corrected chi connectivity index (χ1v) is 13.2. The van der Waals surface area contributed by atoms with E-state index in [0.717, 1.165) is 38.5 Å². The fourth-order valence-corrected chi connectivity index (χ4v) is 5.89. The van der Waals surface area contributed by atoms with E-state index >= 15 is 0 Å². The Kier molecular flexibility index (Phi) is 7.21. The van der Waals surface area contributed by atoms with Gasteiger partial charge >= 0.3 is 5.69 Å². The molecule has 5 rings (SSSR count). The lowest BCUT2D eigenvalue weighted by Crippen LogP contribution is -2.43. The number of hydrogen-bond acceptors (Lipinski definition) is 5. The zero-order valence-electron chi connectivity index (χ0n) is 20.8. The average molecular weight is 505 g/mol. The molecule has 2 aliphatic carbocycles. The molecule has 0 unspecified atom stereocenters. The Hall–Kier alpha value is -3.75. The lowest BCUT2D eigenvalue weighted by Gasteiger charge is -2.29. The van der Waals surface area contributed by atoms with Crippen molar-refractivity contribution in [2.75, 3.05) is 0 Å². The Labute approximate surface area is 214 Å². The van der Waals surface area contributed by atoms with Gasteiger partial charge in [-0.25, -0.2) is 4.79 Å². The molecule has 1 heterocycles. The third kappa shape index (κ3) is 5.35. The molecule has 0 radical (unpaired) electrons. The maximum absolute atomic E-state index is 13.6. The van der Waals surface area contributed by atoms with Crippen molar-refractivity contribution in [3.63, 3.8) is 0 Å². The Balaban J connectivity index is 1.37. The lowest BCUT2D eigenvalue weighted by atomic mass is 9.81. The standard InChI is InChI=1S/C28H32N4O5/c33-26(29-22-7-1-2-8-22)21-14-12-19(13-15-21)17-31-27(34)24-10-3-4-11-25(24)30(28(31)35)18-20-6-5-9-23(16-20)32(36)37/h3-6,9-11,16,19,21-22H,1-2,7-8,12-15,17-18H2,(H,29,33). The molecule has 3 aromatic rings. The number of nitro benzene ring substituents is 1. The third-order valence-electron chi connectivity index (χ3n) is 7.95. The number of amides is 1. The first kappa shape index (κ1) is 24.9. The maximum atomic E-state index is 13.6. The largest absolute Gasteiger partial charge is 0.353 e. The minimum absolute atomic E-state index is 0.00398. The summed E-state index contributed by atoms with van der Waals surface area (Å²) in [6.45, 7) is 0.420. The van der Waals surface area contributed by atoms with E-state index in [9.17, 15) is 24.5 Å². The second-order valence-corrected chi connectivity index (χ2v) is 10.4. The van der Waals surface area contributed by atoms with E-state index in [1.54, 1.807) is 36.4 Å². The van der Waals surface area contributed by atoms with Crippen LogP contribution >= 0.6 is 0 Å². The number of nitrogens with one attached hydrogen (secondary N) is 1. The molecule has 2 saturated carbocycles. The van der Waals surface area contributed by atoms with Crippen LogP contribution in [-0.4, -0.2) is 26.0 Å². The van der Waals surface area contributed by atoms with Gasteiger partial charge in [0.25, 0.3) is 11.2 Å². The van der Waals surface area contributed by atoms with Gasteiger partial charge in [0, 0.05) is 30.6 Å². The Morgan fingerprint density at radius 1 is 0.946 bits per heavy atom. The molecule has 2 fully saturated rings. The minimum Gasteiger partial charge on any atom is -0.353 e. The summed E-state index contributed by atoms with van der Waals surface area (Å²) in [4.78, 5) is 50.4. The fourth-order valence-electron chi connectivity index (χ4n) is 5.89. The predicted octanol–water partition coefficient (Wildman–Crippen LogP) is 3.98. The van der Waals surface area contributed by atoms with Crippen LogP contribution in [0.3, 0.4) is 0 Å². The lowest BCUT2D eigenvalue weighted by molar-refractivity contribution is -0.384. The summed E-state index contributed by atoms with van der Waals surface area (Å²) in [5.41, 5.74) is 0.332. The molecule has 0 saturated heterocycles. The number of nitrogens with zero attached hydrogens (tertiary/aromatic N) is 3. The van der Waals surface area contributed by atoms with Gasteiger partial charge in [-0.15, -0.1) is 0 Å². The molecule has 37 heavy (non-hydrogen) atoms. The smallest absolute Gasteiger partial charge is 0.331 e. The number of carbonyl (C=O) groups excluding carboxylic acids is 1. The van der Waals surface area contributed by atoms with E-state index < -0.39 is 10.6 Å². The van der Waals surface area contributed by atoms with E-state index in [1.165, 1.54) is 34.1 Å². The Morgan fingerprint density at radius 3 is 2.41 bits per heavy atom. The first-order chi connectivity index (χ1) is 17.9. The molecule has 1 aromatic heterocycles. The van der Waals surface area contributed by atoms with Crippen molar-refractivity contribution in [2.24, 2.45) is 11.8 Å². The van der Waals surface area contributed by atoms with Gasteiger partial charge in [0.15, 0.2) is 0 Å². The molecule has 0 aliphatic heterocycles. The Morgan fingerprint density at radius 2 is 1.68 bits per heavy atom. The molecular weight excluding hydrogens is 472 g/mol. The summed E-state index contributed by atoms with van der Waals surface area (Å²) in [5, 5.41) is 14.9. The van der Waals surface area contributed by atoms with Crippen LogP contribution in [0.2, 0.25) is 0 Å². The van der Waals surface area contributed by atoms with Crippen molar-refractivity contribution < 1.29 is 9.72 Å². The van der Waals surface area contributed by atoms with Gasteiger partial charge in [-0.1, -0.05) is 37.1 Å². The highest BCUT2D eigenvalue weighted by molar-refractivity contribution is 5.79. The second-order valence-electron chi connectivity index (χ2n) is 10.4. The SMILES string of the molecule is O=C(NC1CCCC1)C1CCC(Cn2c(=O)c3ccccc3n(Cc3cccc([N+](=O)[O-])c3)c2=O)CC1. The van der Waals surface area contributed by atoms with Gasteiger partial charge in [0.05, 0.1) is 22.4 Å². The van der Waals surface area contributed by atoms with Crippen molar-refractivity contribution in [2.45, 2.75) is 70.5 Å². The van der Waals surface area contributed by atoms with Crippen LogP contribution in [0.15, 0.2) is 58.1 Å². The zero-order chi connectivity index (χ0) is 25.9. The number of hydrogen-bond donors (Lipinski definition) is 1. The van der Waals surface area contributed by atoms with Crippen LogP contribution in [0.25, 0.3) is 10.9 Å². The quantitative estimate of drug-likeness (QED) is 0.386. The van der Waals surface area contributed by atoms with Gasteiger partial charge in [-0.3, -0.25) is 28.8 Å². The van der Waals surface area contributed by atoms with Crippen LogP contribution in [0.1, 0.15) is 56.9 Å². The molecule has 2 aromatic carbocycles. The summed E-state index contributed by atoms with van der Waals surface area (Å²) in [7, 11) is 0. The molecular formula is C28H32N4O5. The number of rotatable bonds is 7. The summed E-state index contributed by atoms with van der Waals surface area (Å²) in [6.07, 6.45) is 7.57. The van der Waals surface area contributed by atoms with E-state index in [-0.39, 0.29) is 35.5 Å². The van der Waals surface area contributed by atoms with Crippen molar-refractivity contribution in [1.82, 2.24) is 14.5 Å². The number of benzene rings is 2. The van der Waals surface area contributed by atoms with Crippen molar-refractivity contribution in [1.29, 1.82) is 0 Å². The number of para-hydroxylation sites is 1. The number of aromatic nitrogens is 2. The summed E-state index contributed by atoms with van der Waals surface area (Å²) < 4.78 is 2.83. The average Bonchev–Trinajstić information content (AvgIpc) is 3.42. The predicted molar refractivity (Wildman–Crippen MR) is 141 cm³/mol. The zero-order valence-corrected chi connectivity index (χ0v) is 20.8. The van der Waals surface area contributed by atoms with Gasteiger partial charge < -0.3 is 5.32 Å². The van der Waals surface area contributed by atoms with Crippen LogP contribution < -0.4 is 16.6 Å². The monoisotopic (exact) mass is 504 g/mol. The van der Waals surface area contributed by atoms with Crippen molar-refractivity contribution >= 4 is 22.5 Å². The molecule has 1 amide bonds. The highest BCUT2D eigenvalue weighted by Gasteiger charge is 2.29. The normalized spacial score (nSPS) is 20.2. The van der Waals surface area contributed by atoms with Gasteiger partial charge in [0.1, 0.15) is 0 Å². The van der Waals surface area contributed by atoms with Gasteiger partial charge in [0.2, 0.25) is 5.91 Å². The van der Waals surface area contributed by atoms with Gasteiger partial charge in [-0.05, 0) is 62.1 Å². The summed E-state index contributed by atoms with van der Waals surface area (Å²) >= 11 is 0. The molecule has 9 heteroatoms. The van der Waals surface area contributed by atoms with E-state index in [1.807, 2.05) is 0 Å². The van der Waals surface area contributed by atoms with Crippen molar-refractivity contribution in [3.8, 4) is 0 Å². The van der Waals surface area contributed by atoms with Crippen LogP contribution in [0.5, 0.6) is 0 Å². The molecule has 0 bridgehead atoms.